The Morgan fingerprint density at radius 3 is 2.42 bits per heavy atom. The topological polar surface area (TPSA) is 0 Å². The molecule has 0 bridgehead atoms. The van der Waals surface area contributed by atoms with Crippen molar-refractivity contribution in [2.45, 2.75) is 52.9 Å². The molecular weight excluding hydrogens is 312 g/mol. The van der Waals surface area contributed by atoms with E-state index in [0.717, 1.165) is 43.3 Å². The van der Waals surface area contributed by atoms with Gasteiger partial charge in [-0.25, -0.2) is 0 Å². The van der Waals surface area contributed by atoms with Crippen LogP contribution in [0.25, 0.3) is 0 Å². The van der Waals surface area contributed by atoms with Crippen molar-refractivity contribution in [1.82, 2.24) is 0 Å². The zero-order valence-electron chi connectivity index (χ0n) is 16.4. The highest BCUT2D eigenvalue weighted by molar-refractivity contribution is 5.47. The summed E-state index contributed by atoms with van der Waals surface area (Å²) in [6.07, 6.45) is 19.6. The van der Waals surface area contributed by atoms with Gasteiger partial charge in [-0.3, -0.25) is 0 Å². The lowest BCUT2D eigenvalue weighted by Gasteiger charge is -2.15. The van der Waals surface area contributed by atoms with Gasteiger partial charge in [-0.1, -0.05) is 78.6 Å². The van der Waals surface area contributed by atoms with Crippen LogP contribution in [0.3, 0.4) is 0 Å². The van der Waals surface area contributed by atoms with Gasteiger partial charge in [0.25, 0.3) is 0 Å². The van der Waals surface area contributed by atoms with Crippen molar-refractivity contribution in [3.63, 3.8) is 0 Å². The SMILES string of the molecule is C#C/C=C(\C=C(\CC)CC1=CCCC=C1C)C(=C)Cc1ccc(C)cc1. The third kappa shape index (κ3) is 5.78. The maximum Gasteiger partial charge on any atom is -0.00255 e. The third-order valence-corrected chi connectivity index (χ3v) is 4.93. The van der Waals surface area contributed by atoms with Crippen LogP contribution in [-0.4, -0.2) is 0 Å². The van der Waals surface area contributed by atoms with Crippen LogP contribution in [0.15, 0.2) is 83.0 Å². The van der Waals surface area contributed by atoms with E-state index < -0.39 is 0 Å². The largest absolute Gasteiger partial charge is 0.115 e. The molecule has 0 aliphatic heterocycles. The second-order valence-electron chi connectivity index (χ2n) is 7.06. The number of terminal acetylenes is 1. The second kappa shape index (κ2) is 9.83. The summed E-state index contributed by atoms with van der Waals surface area (Å²) in [6, 6.07) is 8.62. The smallest absolute Gasteiger partial charge is 0.00255 e. The van der Waals surface area contributed by atoms with E-state index in [0.29, 0.717) is 0 Å². The van der Waals surface area contributed by atoms with E-state index in [1.54, 1.807) is 0 Å². The van der Waals surface area contributed by atoms with Crippen molar-refractivity contribution < 1.29 is 0 Å². The highest BCUT2D eigenvalue weighted by Gasteiger charge is 2.09. The summed E-state index contributed by atoms with van der Waals surface area (Å²) >= 11 is 0. The summed E-state index contributed by atoms with van der Waals surface area (Å²) in [5, 5.41) is 0. The van der Waals surface area contributed by atoms with Crippen LogP contribution in [-0.2, 0) is 6.42 Å². The third-order valence-electron chi connectivity index (χ3n) is 4.93. The molecule has 0 spiro atoms. The zero-order chi connectivity index (χ0) is 18.9. The van der Waals surface area contributed by atoms with E-state index in [9.17, 15) is 0 Å². The molecule has 0 nitrogen and oxygen atoms in total. The Morgan fingerprint density at radius 1 is 1.12 bits per heavy atom. The van der Waals surface area contributed by atoms with Crippen molar-refractivity contribution >= 4 is 0 Å². The number of hydrogen-bond donors (Lipinski definition) is 0. The maximum atomic E-state index is 5.59. The molecule has 0 N–H and O–H groups in total. The van der Waals surface area contributed by atoms with Gasteiger partial charge in [0.1, 0.15) is 0 Å². The zero-order valence-corrected chi connectivity index (χ0v) is 16.4. The van der Waals surface area contributed by atoms with E-state index >= 15 is 0 Å². The summed E-state index contributed by atoms with van der Waals surface area (Å²) in [6.45, 7) is 10.8. The first-order chi connectivity index (χ1) is 12.5. The van der Waals surface area contributed by atoms with Gasteiger partial charge in [0.15, 0.2) is 0 Å². The Labute approximate surface area is 159 Å². The molecule has 0 atom stereocenters. The lowest BCUT2D eigenvalue weighted by atomic mass is 9.90. The standard InChI is InChI=1S/C26H30/c1-6-10-25(22(5)17-24-15-13-20(3)14-16-24)18-23(7-2)19-26-12-9-8-11-21(26)4/h1,10-16,18H,5,7-9,17,19H2,2-4H3/b23-18-,25-10+. The molecule has 0 amide bonds. The van der Waals surface area contributed by atoms with Gasteiger partial charge in [-0.2, -0.15) is 0 Å². The minimum Gasteiger partial charge on any atom is -0.115 e. The van der Waals surface area contributed by atoms with Crippen molar-refractivity contribution in [3.05, 3.63) is 94.1 Å². The molecule has 0 unspecified atom stereocenters. The monoisotopic (exact) mass is 342 g/mol. The number of allylic oxidation sites excluding steroid dienone is 9. The predicted molar refractivity (Wildman–Crippen MR) is 115 cm³/mol. The van der Waals surface area contributed by atoms with Crippen LogP contribution in [0.5, 0.6) is 0 Å². The Kier molecular flexibility index (Phi) is 7.49. The molecule has 134 valence electrons. The van der Waals surface area contributed by atoms with Gasteiger partial charge in [0.2, 0.25) is 0 Å². The molecule has 0 saturated carbocycles. The first-order valence-electron chi connectivity index (χ1n) is 9.49. The molecule has 2 rings (SSSR count). The summed E-state index contributed by atoms with van der Waals surface area (Å²) in [4.78, 5) is 0. The Balaban J connectivity index is 2.17. The Bertz CT molecular complexity index is 799. The molecule has 0 radical (unpaired) electrons. The quantitative estimate of drug-likeness (QED) is 0.368. The first kappa shape index (κ1) is 19.8. The number of benzene rings is 1. The van der Waals surface area contributed by atoms with Crippen molar-refractivity contribution in [2.75, 3.05) is 0 Å². The molecule has 26 heavy (non-hydrogen) atoms. The van der Waals surface area contributed by atoms with Crippen molar-refractivity contribution in [2.24, 2.45) is 0 Å². The minimum absolute atomic E-state index is 0.822. The van der Waals surface area contributed by atoms with Crippen LogP contribution >= 0.6 is 0 Å². The van der Waals surface area contributed by atoms with Crippen LogP contribution < -0.4 is 0 Å². The molecule has 0 aromatic heterocycles. The molecule has 1 aromatic carbocycles. The van der Waals surface area contributed by atoms with Crippen LogP contribution in [0.4, 0.5) is 0 Å². The minimum atomic E-state index is 0.822. The fourth-order valence-electron chi connectivity index (χ4n) is 3.19. The molecule has 0 heterocycles. The second-order valence-corrected chi connectivity index (χ2v) is 7.06. The molecule has 0 heteroatoms. The van der Waals surface area contributed by atoms with Crippen LogP contribution in [0.1, 0.15) is 50.7 Å². The highest BCUT2D eigenvalue weighted by atomic mass is 14.1. The lowest BCUT2D eigenvalue weighted by molar-refractivity contribution is 0.929. The molecule has 1 aliphatic rings. The number of hydrogen-bond acceptors (Lipinski definition) is 0. The van der Waals surface area contributed by atoms with Gasteiger partial charge in [0.05, 0.1) is 0 Å². The summed E-state index contributed by atoms with van der Waals surface area (Å²) in [5.74, 6) is 2.69. The average Bonchev–Trinajstić information content (AvgIpc) is 2.64. The van der Waals surface area contributed by atoms with E-state index in [2.05, 4.69) is 75.8 Å². The van der Waals surface area contributed by atoms with Gasteiger partial charge in [0, 0.05) is 0 Å². The summed E-state index contributed by atoms with van der Waals surface area (Å²) in [7, 11) is 0. The Morgan fingerprint density at radius 2 is 1.81 bits per heavy atom. The molecular formula is C26H30. The van der Waals surface area contributed by atoms with E-state index in [1.165, 1.54) is 27.8 Å². The van der Waals surface area contributed by atoms with Crippen molar-refractivity contribution in [1.29, 1.82) is 0 Å². The fraction of sp³-hybridized carbons (Fsp3) is 0.308. The van der Waals surface area contributed by atoms with Crippen LogP contribution in [0, 0.1) is 19.3 Å². The highest BCUT2D eigenvalue weighted by Crippen LogP contribution is 2.27. The summed E-state index contributed by atoms with van der Waals surface area (Å²) < 4.78 is 0. The maximum absolute atomic E-state index is 5.59. The van der Waals surface area contributed by atoms with E-state index in [1.807, 2.05) is 6.08 Å². The fourth-order valence-corrected chi connectivity index (χ4v) is 3.19. The Hall–Kier alpha value is -2.52. The van der Waals surface area contributed by atoms with E-state index in [4.69, 9.17) is 6.42 Å². The van der Waals surface area contributed by atoms with Gasteiger partial charge in [-0.05, 0) is 74.3 Å². The van der Waals surface area contributed by atoms with Gasteiger partial charge < -0.3 is 0 Å². The first-order valence-corrected chi connectivity index (χ1v) is 9.49. The van der Waals surface area contributed by atoms with E-state index in [-0.39, 0.29) is 0 Å². The predicted octanol–water partition coefficient (Wildman–Crippen LogP) is 7.05. The number of rotatable bonds is 7. The lowest BCUT2D eigenvalue weighted by Crippen LogP contribution is -1.97. The molecule has 1 aliphatic carbocycles. The normalized spacial score (nSPS) is 15.2. The molecule has 0 saturated heterocycles. The molecule has 1 aromatic rings. The number of aryl methyl sites for hydroxylation is 1. The van der Waals surface area contributed by atoms with Gasteiger partial charge in [-0.15, -0.1) is 6.42 Å². The average molecular weight is 343 g/mol. The molecule has 0 fully saturated rings. The van der Waals surface area contributed by atoms with Crippen LogP contribution in [0.2, 0.25) is 0 Å². The van der Waals surface area contributed by atoms with Gasteiger partial charge >= 0.3 is 0 Å². The van der Waals surface area contributed by atoms with Crippen molar-refractivity contribution in [3.8, 4) is 12.3 Å². The summed E-state index contributed by atoms with van der Waals surface area (Å²) in [5.41, 5.74) is 8.95.